The predicted octanol–water partition coefficient (Wildman–Crippen LogP) is 3.47. The van der Waals surface area contributed by atoms with Gasteiger partial charge in [0.05, 0.1) is 20.8 Å². The van der Waals surface area contributed by atoms with Crippen molar-refractivity contribution >= 4 is 0 Å². The van der Waals surface area contributed by atoms with E-state index in [0.717, 1.165) is 49.1 Å². The molecule has 0 spiro atoms. The summed E-state index contributed by atoms with van der Waals surface area (Å²) < 4.78 is 16.6. The van der Waals surface area contributed by atoms with Crippen LogP contribution in [-0.2, 0) is 19.5 Å². The zero-order valence-electron chi connectivity index (χ0n) is 13.7. The quantitative estimate of drug-likeness (QED) is 0.866. The van der Waals surface area contributed by atoms with Crippen LogP contribution >= 0.6 is 0 Å². The van der Waals surface area contributed by atoms with Crippen LogP contribution in [0, 0.1) is 13.8 Å². The standard InChI is InChI=1S/C18H23NO3/c1-12-7-16(22-13(12)2)11-19-6-5-14-8-17(20-3)18(21-4)9-15(14)10-19/h7-9H,5-6,10-11H2,1-4H3. The number of aryl methyl sites for hydroxylation is 2. The van der Waals surface area contributed by atoms with Crippen LogP contribution in [0.4, 0.5) is 0 Å². The van der Waals surface area contributed by atoms with Gasteiger partial charge in [0.25, 0.3) is 0 Å². The highest BCUT2D eigenvalue weighted by molar-refractivity contribution is 5.48. The third kappa shape index (κ3) is 2.83. The van der Waals surface area contributed by atoms with Gasteiger partial charge in [-0.15, -0.1) is 0 Å². The molecule has 0 amide bonds. The maximum Gasteiger partial charge on any atom is 0.161 e. The van der Waals surface area contributed by atoms with Gasteiger partial charge in [-0.1, -0.05) is 0 Å². The molecule has 22 heavy (non-hydrogen) atoms. The summed E-state index contributed by atoms with van der Waals surface area (Å²) in [6, 6.07) is 6.34. The van der Waals surface area contributed by atoms with E-state index in [1.807, 2.05) is 6.92 Å². The van der Waals surface area contributed by atoms with E-state index in [2.05, 4.69) is 30.0 Å². The topological polar surface area (TPSA) is 34.8 Å². The van der Waals surface area contributed by atoms with Crippen LogP contribution in [0.15, 0.2) is 22.6 Å². The van der Waals surface area contributed by atoms with Crippen molar-refractivity contribution in [2.24, 2.45) is 0 Å². The van der Waals surface area contributed by atoms with E-state index in [9.17, 15) is 0 Å². The Morgan fingerprint density at radius 1 is 1.05 bits per heavy atom. The van der Waals surface area contributed by atoms with Gasteiger partial charge in [0.15, 0.2) is 11.5 Å². The number of furan rings is 1. The summed E-state index contributed by atoms with van der Waals surface area (Å²) in [6.45, 7) is 6.89. The van der Waals surface area contributed by atoms with Gasteiger partial charge in [0.2, 0.25) is 0 Å². The van der Waals surface area contributed by atoms with Crippen molar-refractivity contribution in [2.75, 3.05) is 20.8 Å². The highest BCUT2D eigenvalue weighted by atomic mass is 16.5. The lowest BCUT2D eigenvalue weighted by Gasteiger charge is -2.28. The maximum atomic E-state index is 5.80. The minimum absolute atomic E-state index is 0.799. The minimum atomic E-state index is 0.799. The fraction of sp³-hybridized carbons (Fsp3) is 0.444. The van der Waals surface area contributed by atoms with Crippen molar-refractivity contribution in [3.05, 3.63) is 46.4 Å². The molecular formula is C18H23NO3. The lowest BCUT2D eigenvalue weighted by Crippen LogP contribution is -2.30. The highest BCUT2D eigenvalue weighted by Crippen LogP contribution is 2.33. The van der Waals surface area contributed by atoms with Crippen molar-refractivity contribution in [3.63, 3.8) is 0 Å². The van der Waals surface area contributed by atoms with Crippen LogP contribution in [0.5, 0.6) is 11.5 Å². The molecule has 0 bridgehead atoms. The largest absolute Gasteiger partial charge is 0.493 e. The van der Waals surface area contributed by atoms with E-state index in [1.165, 1.54) is 16.7 Å². The second-order valence-corrected chi connectivity index (χ2v) is 5.89. The Balaban J connectivity index is 1.78. The lowest BCUT2D eigenvalue weighted by atomic mass is 9.98. The monoisotopic (exact) mass is 301 g/mol. The Kier molecular flexibility index (Phi) is 4.12. The SMILES string of the molecule is COc1cc2c(cc1OC)CN(Cc1cc(C)c(C)o1)CC2. The molecule has 1 aromatic carbocycles. The zero-order chi connectivity index (χ0) is 15.7. The molecule has 0 aliphatic carbocycles. The van der Waals surface area contributed by atoms with E-state index in [-0.39, 0.29) is 0 Å². The van der Waals surface area contributed by atoms with Crippen LogP contribution in [-0.4, -0.2) is 25.7 Å². The average Bonchev–Trinajstić information content (AvgIpc) is 2.83. The summed E-state index contributed by atoms with van der Waals surface area (Å²) in [6.07, 6.45) is 1.02. The number of benzene rings is 1. The van der Waals surface area contributed by atoms with Crippen molar-refractivity contribution in [1.29, 1.82) is 0 Å². The molecule has 2 aromatic rings. The Morgan fingerprint density at radius 2 is 1.73 bits per heavy atom. The molecule has 1 aliphatic rings. The number of nitrogens with zero attached hydrogens (tertiary/aromatic N) is 1. The van der Waals surface area contributed by atoms with E-state index >= 15 is 0 Å². The molecule has 0 atom stereocenters. The Morgan fingerprint density at radius 3 is 2.32 bits per heavy atom. The van der Waals surface area contributed by atoms with Gasteiger partial charge in [-0.25, -0.2) is 0 Å². The number of hydrogen-bond donors (Lipinski definition) is 0. The molecule has 4 heteroatoms. The van der Waals surface area contributed by atoms with Gasteiger partial charge in [0.1, 0.15) is 11.5 Å². The molecular weight excluding hydrogens is 278 g/mol. The smallest absolute Gasteiger partial charge is 0.161 e. The molecule has 0 saturated heterocycles. The first-order valence-corrected chi connectivity index (χ1v) is 7.62. The summed E-state index contributed by atoms with van der Waals surface area (Å²) >= 11 is 0. The second kappa shape index (κ2) is 6.05. The first-order chi connectivity index (χ1) is 10.6. The third-order valence-corrected chi connectivity index (χ3v) is 4.39. The fourth-order valence-electron chi connectivity index (χ4n) is 3.02. The van der Waals surface area contributed by atoms with Gasteiger partial charge in [0, 0.05) is 13.1 Å². The second-order valence-electron chi connectivity index (χ2n) is 5.89. The van der Waals surface area contributed by atoms with Crippen LogP contribution < -0.4 is 9.47 Å². The summed E-state index contributed by atoms with van der Waals surface area (Å²) in [5.41, 5.74) is 3.88. The third-order valence-electron chi connectivity index (χ3n) is 4.39. The van der Waals surface area contributed by atoms with Crippen molar-refractivity contribution in [3.8, 4) is 11.5 Å². The van der Waals surface area contributed by atoms with Gasteiger partial charge in [-0.3, -0.25) is 4.90 Å². The highest BCUT2D eigenvalue weighted by Gasteiger charge is 2.20. The number of methoxy groups -OCH3 is 2. The van der Waals surface area contributed by atoms with Crippen LogP contribution in [0.1, 0.15) is 28.2 Å². The number of ether oxygens (including phenoxy) is 2. The average molecular weight is 301 g/mol. The zero-order valence-corrected chi connectivity index (χ0v) is 13.7. The molecule has 0 saturated carbocycles. The Hall–Kier alpha value is -1.94. The molecule has 0 fully saturated rings. The Bertz CT molecular complexity index is 656. The van der Waals surface area contributed by atoms with E-state index in [1.54, 1.807) is 14.2 Å². The minimum Gasteiger partial charge on any atom is -0.493 e. The summed E-state index contributed by atoms with van der Waals surface area (Å²) in [7, 11) is 3.36. The normalized spacial score (nSPS) is 14.7. The summed E-state index contributed by atoms with van der Waals surface area (Å²) in [5, 5.41) is 0. The first kappa shape index (κ1) is 15.0. The molecule has 4 nitrogen and oxygen atoms in total. The van der Waals surface area contributed by atoms with Crippen molar-refractivity contribution in [2.45, 2.75) is 33.4 Å². The van der Waals surface area contributed by atoms with Crippen LogP contribution in [0.2, 0.25) is 0 Å². The molecule has 2 heterocycles. The van der Waals surface area contributed by atoms with Crippen LogP contribution in [0.3, 0.4) is 0 Å². The molecule has 3 rings (SSSR count). The lowest BCUT2D eigenvalue weighted by molar-refractivity contribution is 0.223. The van der Waals surface area contributed by atoms with Crippen LogP contribution in [0.25, 0.3) is 0 Å². The van der Waals surface area contributed by atoms with E-state index in [0.29, 0.717) is 0 Å². The van der Waals surface area contributed by atoms with E-state index < -0.39 is 0 Å². The number of fused-ring (bicyclic) bond motifs is 1. The molecule has 0 unspecified atom stereocenters. The molecule has 0 radical (unpaired) electrons. The number of hydrogen-bond acceptors (Lipinski definition) is 4. The van der Waals surface area contributed by atoms with Gasteiger partial charge in [-0.05, 0) is 55.2 Å². The van der Waals surface area contributed by atoms with E-state index in [4.69, 9.17) is 13.9 Å². The van der Waals surface area contributed by atoms with Crippen molar-refractivity contribution in [1.82, 2.24) is 4.90 Å². The fourth-order valence-corrected chi connectivity index (χ4v) is 3.02. The van der Waals surface area contributed by atoms with Gasteiger partial charge in [-0.2, -0.15) is 0 Å². The maximum absolute atomic E-state index is 5.80. The summed E-state index contributed by atoms with van der Waals surface area (Å²) in [5.74, 6) is 3.66. The molecule has 1 aliphatic heterocycles. The van der Waals surface area contributed by atoms with Crippen molar-refractivity contribution < 1.29 is 13.9 Å². The molecule has 0 N–H and O–H groups in total. The van der Waals surface area contributed by atoms with Gasteiger partial charge >= 0.3 is 0 Å². The Labute approximate surface area is 131 Å². The first-order valence-electron chi connectivity index (χ1n) is 7.62. The van der Waals surface area contributed by atoms with Gasteiger partial charge < -0.3 is 13.9 Å². The number of rotatable bonds is 4. The predicted molar refractivity (Wildman–Crippen MR) is 85.5 cm³/mol. The molecule has 1 aromatic heterocycles. The molecule has 118 valence electrons. The summed E-state index contributed by atoms with van der Waals surface area (Å²) in [4.78, 5) is 2.41.